The van der Waals surface area contributed by atoms with Gasteiger partial charge < -0.3 is 14.0 Å². The third kappa shape index (κ3) is 2.94. The van der Waals surface area contributed by atoms with Crippen molar-refractivity contribution < 1.29 is 14.0 Å². The summed E-state index contributed by atoms with van der Waals surface area (Å²) in [5, 5.41) is 4.06. The zero-order valence-electron chi connectivity index (χ0n) is 12.6. The molecule has 0 aliphatic carbocycles. The maximum atomic E-state index is 5.75. The van der Waals surface area contributed by atoms with Crippen molar-refractivity contribution >= 4 is 5.57 Å². The maximum Gasteiger partial charge on any atom is 0.246 e. The molecule has 2 aromatic rings. The van der Waals surface area contributed by atoms with E-state index >= 15 is 0 Å². The van der Waals surface area contributed by atoms with E-state index in [0.29, 0.717) is 0 Å². The Balaban J connectivity index is 1.68. The zero-order chi connectivity index (χ0) is 15.0. The Morgan fingerprint density at radius 3 is 2.62 bits per heavy atom. The highest BCUT2D eigenvalue weighted by atomic mass is 16.7. The summed E-state index contributed by atoms with van der Waals surface area (Å²) in [5.41, 5.74) is 3.01. The van der Waals surface area contributed by atoms with Crippen LogP contribution in [0.25, 0.3) is 5.57 Å². The second-order valence-electron chi connectivity index (χ2n) is 5.85. The summed E-state index contributed by atoms with van der Waals surface area (Å²) in [6, 6.07) is 7.99. The summed E-state index contributed by atoms with van der Waals surface area (Å²) < 4.78 is 16.7. The van der Waals surface area contributed by atoms with Gasteiger partial charge in [-0.3, -0.25) is 0 Å². The number of nitrogens with zero attached hydrogens (tertiary/aromatic N) is 1. The Morgan fingerprint density at radius 2 is 1.90 bits per heavy atom. The van der Waals surface area contributed by atoms with E-state index < -0.39 is 5.79 Å². The second-order valence-corrected chi connectivity index (χ2v) is 5.85. The molecule has 21 heavy (non-hydrogen) atoms. The maximum absolute atomic E-state index is 5.75. The molecule has 110 valence electrons. The standard InChI is InChI=1S/C17H19NO3/c1-11(2)15-10-13(18-21-15)7-5-12-6-8-14-16(9-12)20-17(3,4)19-14/h6,8-10H,1,5,7H2,2-4H3. The Bertz CT molecular complexity index is 685. The van der Waals surface area contributed by atoms with Gasteiger partial charge in [-0.2, -0.15) is 0 Å². The Labute approximate surface area is 124 Å². The highest BCUT2D eigenvalue weighted by molar-refractivity contribution is 5.56. The SMILES string of the molecule is C=C(C)c1cc(CCc2ccc3c(c2)OC(C)(C)O3)no1. The van der Waals surface area contributed by atoms with Crippen molar-refractivity contribution in [3.63, 3.8) is 0 Å². The molecule has 0 amide bonds. The lowest BCUT2D eigenvalue weighted by Crippen LogP contribution is -2.29. The van der Waals surface area contributed by atoms with Gasteiger partial charge in [-0.05, 0) is 43.0 Å². The van der Waals surface area contributed by atoms with Crippen LogP contribution in [0, 0.1) is 0 Å². The van der Waals surface area contributed by atoms with E-state index in [-0.39, 0.29) is 0 Å². The van der Waals surface area contributed by atoms with Gasteiger partial charge in [0, 0.05) is 19.9 Å². The second kappa shape index (κ2) is 4.95. The molecule has 0 N–H and O–H groups in total. The van der Waals surface area contributed by atoms with E-state index in [4.69, 9.17) is 14.0 Å². The van der Waals surface area contributed by atoms with Crippen LogP contribution in [0.2, 0.25) is 0 Å². The van der Waals surface area contributed by atoms with Gasteiger partial charge in [0.2, 0.25) is 5.79 Å². The minimum Gasteiger partial charge on any atom is -0.449 e. The number of benzene rings is 1. The van der Waals surface area contributed by atoms with Gasteiger partial charge in [0.05, 0.1) is 5.69 Å². The Hall–Kier alpha value is -2.23. The van der Waals surface area contributed by atoms with E-state index in [1.54, 1.807) is 0 Å². The van der Waals surface area contributed by atoms with Crippen molar-refractivity contribution in [2.24, 2.45) is 0 Å². The molecule has 1 aromatic heterocycles. The molecule has 0 saturated heterocycles. The first kappa shape index (κ1) is 13.7. The van der Waals surface area contributed by atoms with Gasteiger partial charge in [-0.1, -0.05) is 17.8 Å². The zero-order valence-corrected chi connectivity index (χ0v) is 12.6. The first-order valence-corrected chi connectivity index (χ1v) is 7.05. The minimum atomic E-state index is -0.580. The molecular formula is C17H19NO3. The van der Waals surface area contributed by atoms with Gasteiger partial charge in [-0.25, -0.2) is 0 Å². The Morgan fingerprint density at radius 1 is 1.14 bits per heavy atom. The number of hydrogen-bond donors (Lipinski definition) is 0. The van der Waals surface area contributed by atoms with Crippen molar-refractivity contribution in [1.82, 2.24) is 5.16 Å². The highest BCUT2D eigenvalue weighted by Gasteiger charge is 2.31. The predicted molar refractivity (Wildman–Crippen MR) is 80.4 cm³/mol. The normalized spacial score (nSPS) is 15.2. The van der Waals surface area contributed by atoms with Gasteiger partial charge in [0.1, 0.15) is 0 Å². The van der Waals surface area contributed by atoms with Gasteiger partial charge in [0.25, 0.3) is 0 Å². The Kier molecular flexibility index (Phi) is 3.24. The summed E-state index contributed by atoms with van der Waals surface area (Å²) in [6.07, 6.45) is 1.69. The number of aromatic nitrogens is 1. The van der Waals surface area contributed by atoms with Crippen LogP contribution in [-0.2, 0) is 12.8 Å². The molecule has 4 nitrogen and oxygen atoms in total. The smallest absolute Gasteiger partial charge is 0.246 e. The van der Waals surface area contributed by atoms with Crippen LogP contribution in [0.15, 0.2) is 35.4 Å². The molecule has 0 radical (unpaired) electrons. The quantitative estimate of drug-likeness (QED) is 0.851. The van der Waals surface area contributed by atoms with Crippen LogP contribution in [0.1, 0.15) is 37.8 Å². The predicted octanol–water partition coefficient (Wildman–Crippen LogP) is 4.00. The van der Waals surface area contributed by atoms with Crippen LogP contribution in [0.4, 0.5) is 0 Å². The fraction of sp³-hybridized carbons (Fsp3) is 0.353. The van der Waals surface area contributed by atoms with Crippen molar-refractivity contribution in [1.29, 1.82) is 0 Å². The number of rotatable bonds is 4. The molecule has 1 aliphatic heterocycles. The molecule has 0 spiro atoms. The number of hydrogen-bond acceptors (Lipinski definition) is 4. The van der Waals surface area contributed by atoms with Crippen molar-refractivity contribution in [2.75, 3.05) is 0 Å². The van der Waals surface area contributed by atoms with Gasteiger partial charge in [-0.15, -0.1) is 0 Å². The topological polar surface area (TPSA) is 44.5 Å². The van der Waals surface area contributed by atoms with E-state index in [9.17, 15) is 0 Å². The third-order valence-electron chi connectivity index (χ3n) is 3.37. The number of ether oxygens (including phenoxy) is 2. The molecule has 1 aromatic carbocycles. The van der Waals surface area contributed by atoms with Crippen LogP contribution in [-0.4, -0.2) is 10.9 Å². The average Bonchev–Trinajstić information content (AvgIpc) is 2.98. The molecule has 0 atom stereocenters. The van der Waals surface area contributed by atoms with Gasteiger partial charge >= 0.3 is 0 Å². The van der Waals surface area contributed by atoms with Crippen LogP contribution >= 0.6 is 0 Å². The molecule has 4 heteroatoms. The molecule has 0 saturated carbocycles. The summed E-state index contributed by atoms with van der Waals surface area (Å²) in [6.45, 7) is 9.56. The van der Waals surface area contributed by atoms with Crippen molar-refractivity contribution in [3.05, 3.63) is 47.9 Å². The van der Waals surface area contributed by atoms with Gasteiger partial charge in [0.15, 0.2) is 17.3 Å². The number of allylic oxidation sites excluding steroid dienone is 1. The van der Waals surface area contributed by atoms with E-state index in [2.05, 4.69) is 17.8 Å². The minimum absolute atomic E-state index is 0.580. The van der Waals surface area contributed by atoms with Crippen molar-refractivity contribution in [2.45, 2.75) is 39.4 Å². The fourth-order valence-corrected chi connectivity index (χ4v) is 2.33. The third-order valence-corrected chi connectivity index (χ3v) is 3.37. The van der Waals surface area contributed by atoms with Crippen LogP contribution < -0.4 is 9.47 Å². The number of aryl methyl sites for hydroxylation is 2. The van der Waals surface area contributed by atoms with E-state index in [1.807, 2.05) is 39.0 Å². The van der Waals surface area contributed by atoms with E-state index in [0.717, 1.165) is 41.4 Å². The first-order valence-electron chi connectivity index (χ1n) is 7.05. The summed E-state index contributed by atoms with van der Waals surface area (Å²) in [5.74, 6) is 1.77. The molecule has 1 aliphatic rings. The molecular weight excluding hydrogens is 266 g/mol. The highest BCUT2D eigenvalue weighted by Crippen LogP contribution is 2.39. The summed E-state index contributed by atoms with van der Waals surface area (Å²) >= 11 is 0. The lowest BCUT2D eigenvalue weighted by molar-refractivity contribution is -0.0431. The van der Waals surface area contributed by atoms with E-state index in [1.165, 1.54) is 5.56 Å². The van der Waals surface area contributed by atoms with Crippen LogP contribution in [0.5, 0.6) is 11.5 Å². The van der Waals surface area contributed by atoms with Crippen molar-refractivity contribution in [3.8, 4) is 11.5 Å². The molecule has 2 heterocycles. The molecule has 0 bridgehead atoms. The lowest BCUT2D eigenvalue weighted by atomic mass is 10.1. The first-order chi connectivity index (χ1) is 9.93. The molecule has 0 unspecified atom stereocenters. The fourth-order valence-electron chi connectivity index (χ4n) is 2.33. The summed E-state index contributed by atoms with van der Waals surface area (Å²) in [4.78, 5) is 0. The van der Waals surface area contributed by atoms with Crippen LogP contribution in [0.3, 0.4) is 0 Å². The average molecular weight is 285 g/mol. The lowest BCUT2D eigenvalue weighted by Gasteiger charge is -2.16. The monoisotopic (exact) mass is 285 g/mol. The largest absolute Gasteiger partial charge is 0.449 e. The molecule has 0 fully saturated rings. The number of fused-ring (bicyclic) bond motifs is 1. The molecule has 3 rings (SSSR count). The summed E-state index contributed by atoms with van der Waals surface area (Å²) in [7, 11) is 0.